The number of imidazole rings is 1. The van der Waals surface area contributed by atoms with Crippen LogP contribution in [0.4, 0.5) is 0 Å². The van der Waals surface area contributed by atoms with E-state index in [4.69, 9.17) is 5.73 Å². The maximum atomic E-state index is 12.5. The van der Waals surface area contributed by atoms with Crippen molar-refractivity contribution >= 4 is 23.6 Å². The monoisotopic (exact) mass is 372 g/mol. The summed E-state index contributed by atoms with van der Waals surface area (Å²) in [5.41, 5.74) is 8.84. The van der Waals surface area contributed by atoms with E-state index < -0.39 is 0 Å². The molecule has 138 valence electrons. The first-order valence-electron chi connectivity index (χ1n) is 8.76. The SMILES string of the molecule is Cc1ccc(-n2ccnc2SCC(=O)N2CCC[C@@H](C(N)=O)C2)c(C)c1. The molecule has 2 amide bonds. The zero-order chi connectivity index (χ0) is 18.7. The van der Waals surface area contributed by atoms with E-state index in [-0.39, 0.29) is 17.7 Å². The van der Waals surface area contributed by atoms with Crippen LogP contribution >= 0.6 is 11.8 Å². The molecule has 1 aromatic carbocycles. The highest BCUT2D eigenvalue weighted by atomic mass is 32.2. The van der Waals surface area contributed by atoms with Crippen LogP contribution in [0.5, 0.6) is 0 Å². The minimum atomic E-state index is -0.319. The molecule has 6 nitrogen and oxygen atoms in total. The van der Waals surface area contributed by atoms with Gasteiger partial charge in [-0.25, -0.2) is 4.98 Å². The Kier molecular flexibility index (Phi) is 5.66. The first-order valence-corrected chi connectivity index (χ1v) is 9.75. The Hall–Kier alpha value is -2.28. The fraction of sp³-hybridized carbons (Fsp3) is 0.421. The van der Waals surface area contributed by atoms with Gasteiger partial charge in [0, 0.05) is 25.5 Å². The van der Waals surface area contributed by atoms with E-state index in [9.17, 15) is 9.59 Å². The number of hydrogen-bond donors (Lipinski definition) is 1. The van der Waals surface area contributed by atoms with E-state index >= 15 is 0 Å². The third kappa shape index (κ3) is 4.09. The number of carbonyl (C=O) groups is 2. The highest BCUT2D eigenvalue weighted by Gasteiger charge is 2.27. The second kappa shape index (κ2) is 7.95. The molecule has 2 aromatic rings. The molecule has 0 unspecified atom stereocenters. The summed E-state index contributed by atoms with van der Waals surface area (Å²) >= 11 is 1.42. The number of aromatic nitrogens is 2. The Morgan fingerprint density at radius 1 is 1.35 bits per heavy atom. The summed E-state index contributed by atoms with van der Waals surface area (Å²) in [6.07, 6.45) is 5.25. The van der Waals surface area contributed by atoms with Crippen LogP contribution in [0.25, 0.3) is 5.69 Å². The molecule has 0 bridgehead atoms. The smallest absolute Gasteiger partial charge is 0.233 e. The molecule has 7 heteroatoms. The lowest BCUT2D eigenvalue weighted by molar-refractivity contribution is -0.132. The number of likely N-dealkylation sites (tertiary alicyclic amines) is 1. The molecule has 0 saturated carbocycles. The van der Waals surface area contributed by atoms with Gasteiger partial charge in [-0.3, -0.25) is 14.2 Å². The molecule has 1 aliphatic rings. The largest absolute Gasteiger partial charge is 0.369 e. The molecule has 26 heavy (non-hydrogen) atoms. The first kappa shape index (κ1) is 18.5. The lowest BCUT2D eigenvalue weighted by atomic mass is 9.97. The van der Waals surface area contributed by atoms with Gasteiger partial charge in [0.25, 0.3) is 0 Å². The van der Waals surface area contributed by atoms with Crippen LogP contribution in [0.1, 0.15) is 24.0 Å². The van der Waals surface area contributed by atoms with Crippen LogP contribution in [0, 0.1) is 19.8 Å². The number of nitrogens with zero attached hydrogens (tertiary/aromatic N) is 3. The van der Waals surface area contributed by atoms with Crippen molar-refractivity contribution in [3.63, 3.8) is 0 Å². The summed E-state index contributed by atoms with van der Waals surface area (Å²) in [6.45, 7) is 5.26. The summed E-state index contributed by atoms with van der Waals surface area (Å²) in [6, 6.07) is 6.27. The maximum absolute atomic E-state index is 12.5. The number of carbonyl (C=O) groups excluding carboxylic acids is 2. The van der Waals surface area contributed by atoms with Crippen molar-refractivity contribution in [1.29, 1.82) is 0 Å². The summed E-state index contributed by atoms with van der Waals surface area (Å²) in [7, 11) is 0. The zero-order valence-corrected chi connectivity index (χ0v) is 16.0. The Morgan fingerprint density at radius 3 is 2.88 bits per heavy atom. The first-order chi connectivity index (χ1) is 12.5. The highest BCUT2D eigenvalue weighted by molar-refractivity contribution is 7.99. The van der Waals surface area contributed by atoms with Gasteiger partial charge in [0.2, 0.25) is 11.8 Å². The average molecular weight is 372 g/mol. The van der Waals surface area contributed by atoms with Gasteiger partial charge in [-0.2, -0.15) is 0 Å². The van der Waals surface area contributed by atoms with Crippen molar-refractivity contribution < 1.29 is 9.59 Å². The number of nitrogens with two attached hydrogens (primary N) is 1. The van der Waals surface area contributed by atoms with Crippen molar-refractivity contribution in [2.45, 2.75) is 31.8 Å². The van der Waals surface area contributed by atoms with E-state index in [0.717, 1.165) is 29.2 Å². The van der Waals surface area contributed by atoms with Gasteiger partial charge in [-0.1, -0.05) is 29.5 Å². The number of aryl methyl sites for hydroxylation is 2. The number of thioether (sulfide) groups is 1. The molecule has 0 spiro atoms. The Morgan fingerprint density at radius 2 is 2.15 bits per heavy atom. The van der Waals surface area contributed by atoms with E-state index in [1.807, 2.05) is 10.8 Å². The van der Waals surface area contributed by atoms with Crippen LogP contribution in [0.15, 0.2) is 35.7 Å². The maximum Gasteiger partial charge on any atom is 0.233 e. The topological polar surface area (TPSA) is 81.2 Å². The normalized spacial score (nSPS) is 17.3. The molecular weight excluding hydrogens is 348 g/mol. The Bertz CT molecular complexity index is 818. The molecule has 1 fully saturated rings. The molecule has 2 heterocycles. The highest BCUT2D eigenvalue weighted by Crippen LogP contribution is 2.24. The van der Waals surface area contributed by atoms with E-state index in [1.165, 1.54) is 17.3 Å². The van der Waals surface area contributed by atoms with E-state index in [0.29, 0.717) is 18.8 Å². The minimum Gasteiger partial charge on any atom is -0.369 e. The van der Waals surface area contributed by atoms with Gasteiger partial charge in [-0.15, -0.1) is 0 Å². The van der Waals surface area contributed by atoms with E-state index in [2.05, 4.69) is 37.0 Å². The van der Waals surface area contributed by atoms with Crippen molar-refractivity contribution in [1.82, 2.24) is 14.5 Å². The number of piperidine rings is 1. The van der Waals surface area contributed by atoms with Gasteiger partial charge >= 0.3 is 0 Å². The van der Waals surface area contributed by atoms with Crippen molar-refractivity contribution in [2.24, 2.45) is 11.7 Å². The molecule has 1 aliphatic heterocycles. The van der Waals surface area contributed by atoms with Crippen LogP contribution in [0.2, 0.25) is 0 Å². The van der Waals surface area contributed by atoms with Crippen LogP contribution in [-0.2, 0) is 9.59 Å². The summed E-state index contributed by atoms with van der Waals surface area (Å²) in [4.78, 5) is 30.1. The Balaban J connectivity index is 1.66. The van der Waals surface area contributed by atoms with Crippen molar-refractivity contribution in [3.05, 3.63) is 41.7 Å². The molecular formula is C19H24N4O2S. The lowest BCUT2D eigenvalue weighted by Gasteiger charge is -2.31. The van der Waals surface area contributed by atoms with Gasteiger partial charge in [0.05, 0.1) is 17.4 Å². The number of hydrogen-bond acceptors (Lipinski definition) is 4. The molecule has 0 radical (unpaired) electrons. The Labute approximate surface area is 157 Å². The summed E-state index contributed by atoms with van der Waals surface area (Å²) < 4.78 is 2.01. The third-order valence-electron chi connectivity index (χ3n) is 4.72. The van der Waals surface area contributed by atoms with Crippen LogP contribution in [-0.4, -0.2) is 45.1 Å². The molecule has 1 aromatic heterocycles. The molecule has 1 atom stereocenters. The molecule has 2 N–H and O–H groups in total. The fourth-order valence-electron chi connectivity index (χ4n) is 3.31. The van der Waals surface area contributed by atoms with Gasteiger partial charge in [0.1, 0.15) is 0 Å². The van der Waals surface area contributed by atoms with Crippen molar-refractivity contribution in [2.75, 3.05) is 18.8 Å². The lowest BCUT2D eigenvalue weighted by Crippen LogP contribution is -2.44. The third-order valence-corrected chi connectivity index (χ3v) is 5.67. The van der Waals surface area contributed by atoms with Crippen molar-refractivity contribution in [3.8, 4) is 5.69 Å². The fourth-order valence-corrected chi connectivity index (χ4v) is 4.18. The number of amides is 2. The quantitative estimate of drug-likeness (QED) is 0.817. The van der Waals surface area contributed by atoms with Gasteiger partial charge in [-0.05, 0) is 38.3 Å². The van der Waals surface area contributed by atoms with Crippen LogP contribution < -0.4 is 5.73 Å². The predicted molar refractivity (Wildman–Crippen MR) is 102 cm³/mol. The zero-order valence-electron chi connectivity index (χ0n) is 15.1. The molecule has 1 saturated heterocycles. The minimum absolute atomic E-state index is 0.0242. The second-order valence-corrected chi connectivity index (χ2v) is 7.68. The molecule has 3 rings (SSSR count). The van der Waals surface area contributed by atoms with Crippen LogP contribution in [0.3, 0.4) is 0 Å². The standard InChI is InChI=1S/C19H24N4O2S/c1-13-5-6-16(14(2)10-13)23-9-7-21-19(23)26-12-17(24)22-8-3-4-15(11-22)18(20)25/h5-7,9-10,15H,3-4,8,11-12H2,1-2H3,(H2,20,25)/t15-/m1/s1. The van der Waals surface area contributed by atoms with Gasteiger partial charge < -0.3 is 10.6 Å². The summed E-state index contributed by atoms with van der Waals surface area (Å²) in [5.74, 6) is -0.223. The number of primary amides is 1. The number of rotatable bonds is 5. The van der Waals surface area contributed by atoms with Gasteiger partial charge in [0.15, 0.2) is 5.16 Å². The number of benzene rings is 1. The van der Waals surface area contributed by atoms with E-state index in [1.54, 1.807) is 11.1 Å². The average Bonchev–Trinajstić information content (AvgIpc) is 3.08. The molecule has 0 aliphatic carbocycles. The summed E-state index contributed by atoms with van der Waals surface area (Å²) in [5, 5.41) is 0.786. The second-order valence-electron chi connectivity index (χ2n) is 6.74. The predicted octanol–water partition coefficient (Wildman–Crippen LogP) is 2.31.